The Morgan fingerprint density at radius 2 is 1.86 bits per heavy atom. The second-order valence-corrected chi connectivity index (χ2v) is 4.69. The first-order valence-corrected chi connectivity index (χ1v) is 6.31. The third-order valence-corrected chi connectivity index (χ3v) is 3.22. The first-order chi connectivity index (χ1) is 10.3. The van der Waals surface area contributed by atoms with Crippen LogP contribution in [0.15, 0.2) is 18.2 Å². The third kappa shape index (κ3) is 3.07. The summed E-state index contributed by atoms with van der Waals surface area (Å²) in [6.45, 7) is 0. The number of ether oxygens (including phenoxy) is 3. The van der Waals surface area contributed by atoms with Crippen molar-refractivity contribution in [1.29, 1.82) is 0 Å². The molecule has 9 nitrogen and oxygen atoms in total. The van der Waals surface area contributed by atoms with Gasteiger partial charge in [0.05, 0.1) is 7.11 Å². The highest BCUT2D eigenvalue weighted by molar-refractivity contribution is 5.73. The van der Waals surface area contributed by atoms with Gasteiger partial charge in [0.1, 0.15) is 24.1 Å². The van der Waals surface area contributed by atoms with E-state index >= 15 is 0 Å². The summed E-state index contributed by atoms with van der Waals surface area (Å²) in [6, 6.07) is 3.89. The van der Waals surface area contributed by atoms with Gasteiger partial charge in [-0.1, -0.05) is 0 Å². The van der Waals surface area contributed by atoms with E-state index < -0.39 is 36.7 Å². The van der Waals surface area contributed by atoms with E-state index in [1.54, 1.807) is 0 Å². The van der Waals surface area contributed by atoms with Crippen molar-refractivity contribution >= 4 is 5.97 Å². The summed E-state index contributed by atoms with van der Waals surface area (Å²) in [4.78, 5) is 11.0. The van der Waals surface area contributed by atoms with Crippen LogP contribution in [-0.2, 0) is 9.53 Å². The van der Waals surface area contributed by atoms with Crippen molar-refractivity contribution in [2.24, 2.45) is 0 Å². The van der Waals surface area contributed by atoms with Crippen LogP contribution in [0.3, 0.4) is 0 Å². The number of aliphatic hydroxyl groups is 3. The zero-order chi connectivity index (χ0) is 16.4. The molecule has 0 radical (unpaired) electrons. The van der Waals surface area contributed by atoms with Crippen molar-refractivity contribution in [2.45, 2.75) is 30.7 Å². The Kier molecular flexibility index (Phi) is 4.71. The van der Waals surface area contributed by atoms with E-state index in [1.807, 2.05) is 0 Å². The Morgan fingerprint density at radius 1 is 1.18 bits per heavy atom. The minimum Gasteiger partial charge on any atom is -0.504 e. The van der Waals surface area contributed by atoms with E-state index in [9.17, 15) is 25.2 Å². The summed E-state index contributed by atoms with van der Waals surface area (Å²) >= 11 is 0. The number of carboxylic acids is 1. The number of hydrogen-bond donors (Lipinski definition) is 5. The molecule has 1 aromatic carbocycles. The lowest BCUT2D eigenvalue weighted by molar-refractivity contribution is -0.271. The molecule has 122 valence electrons. The third-order valence-electron chi connectivity index (χ3n) is 3.22. The standard InChI is InChI=1S/C13H16O9/c1-20-7-4-5(2-3-6(7)14)21-13-10(17)8(15)9(16)11(22-13)12(18)19/h2-4,8-11,13-17H,1H3,(H,18,19)/t8-,9-,10+,11-,13+/m0/s1. The van der Waals surface area contributed by atoms with Gasteiger partial charge in [-0.3, -0.25) is 0 Å². The summed E-state index contributed by atoms with van der Waals surface area (Å²) in [5.74, 6) is -1.45. The van der Waals surface area contributed by atoms with Gasteiger partial charge in [0, 0.05) is 6.07 Å². The fourth-order valence-electron chi connectivity index (χ4n) is 2.01. The smallest absolute Gasteiger partial charge is 0.335 e. The Morgan fingerprint density at radius 3 is 2.45 bits per heavy atom. The SMILES string of the molecule is COc1cc(O[C@@H]2O[C@H](C(=O)O)[C@@H](O)[C@H](O)[C@H]2O)ccc1O. The number of phenolic OH excluding ortho intramolecular Hbond substituents is 1. The van der Waals surface area contributed by atoms with E-state index in [0.29, 0.717) is 0 Å². The van der Waals surface area contributed by atoms with E-state index in [2.05, 4.69) is 0 Å². The van der Waals surface area contributed by atoms with E-state index in [1.165, 1.54) is 25.3 Å². The predicted molar refractivity (Wildman–Crippen MR) is 69.6 cm³/mol. The number of benzene rings is 1. The fraction of sp³-hybridized carbons (Fsp3) is 0.462. The number of rotatable bonds is 4. The summed E-state index contributed by atoms with van der Waals surface area (Å²) < 4.78 is 15.1. The Labute approximate surface area is 124 Å². The van der Waals surface area contributed by atoms with Crippen molar-refractivity contribution in [1.82, 2.24) is 0 Å². The number of methoxy groups -OCH3 is 1. The molecule has 9 heteroatoms. The van der Waals surface area contributed by atoms with Crippen LogP contribution in [0, 0.1) is 0 Å². The van der Waals surface area contributed by atoms with Gasteiger partial charge in [0.2, 0.25) is 6.29 Å². The zero-order valence-electron chi connectivity index (χ0n) is 11.5. The van der Waals surface area contributed by atoms with Gasteiger partial charge in [0.25, 0.3) is 0 Å². The summed E-state index contributed by atoms with van der Waals surface area (Å²) in [5, 5.41) is 47.4. The molecule has 0 unspecified atom stereocenters. The van der Waals surface area contributed by atoms with E-state index in [0.717, 1.165) is 0 Å². The molecule has 0 bridgehead atoms. The molecule has 1 fully saturated rings. The van der Waals surface area contributed by atoms with Gasteiger partial charge in [-0.2, -0.15) is 0 Å². The molecule has 0 aromatic heterocycles. The van der Waals surface area contributed by atoms with Crippen LogP contribution in [0.5, 0.6) is 17.2 Å². The predicted octanol–water partition coefficient (Wildman–Crippen LogP) is -1.33. The highest BCUT2D eigenvalue weighted by atomic mass is 16.7. The molecule has 0 amide bonds. The maximum atomic E-state index is 11.0. The topological polar surface area (TPSA) is 146 Å². The van der Waals surface area contributed by atoms with Crippen molar-refractivity contribution in [3.05, 3.63) is 18.2 Å². The van der Waals surface area contributed by atoms with Crippen molar-refractivity contribution in [3.63, 3.8) is 0 Å². The average molecular weight is 316 g/mol. The maximum absolute atomic E-state index is 11.0. The van der Waals surface area contributed by atoms with Crippen molar-refractivity contribution in [3.8, 4) is 17.2 Å². The number of carbonyl (C=O) groups is 1. The molecule has 1 aromatic rings. The molecular weight excluding hydrogens is 300 g/mol. The lowest BCUT2D eigenvalue weighted by Crippen LogP contribution is -2.61. The zero-order valence-corrected chi connectivity index (χ0v) is 11.5. The Bertz CT molecular complexity index is 546. The van der Waals surface area contributed by atoms with Crippen LogP contribution in [0.1, 0.15) is 0 Å². The molecule has 2 rings (SSSR count). The highest BCUT2D eigenvalue weighted by Gasteiger charge is 2.48. The number of aromatic hydroxyl groups is 1. The minimum absolute atomic E-state index is 0.0955. The normalized spacial score (nSPS) is 31.5. The molecule has 0 aliphatic carbocycles. The van der Waals surface area contributed by atoms with Gasteiger partial charge in [-0.25, -0.2) is 4.79 Å². The summed E-state index contributed by atoms with van der Waals surface area (Å²) in [5.41, 5.74) is 0. The van der Waals surface area contributed by atoms with Crippen LogP contribution >= 0.6 is 0 Å². The molecule has 22 heavy (non-hydrogen) atoms. The van der Waals surface area contributed by atoms with Crippen LogP contribution in [0.2, 0.25) is 0 Å². The van der Waals surface area contributed by atoms with Crippen molar-refractivity contribution in [2.75, 3.05) is 7.11 Å². The van der Waals surface area contributed by atoms with Gasteiger partial charge < -0.3 is 39.7 Å². The van der Waals surface area contributed by atoms with Gasteiger partial charge in [-0.05, 0) is 12.1 Å². The van der Waals surface area contributed by atoms with E-state index in [4.69, 9.17) is 19.3 Å². The highest BCUT2D eigenvalue weighted by Crippen LogP contribution is 2.32. The second-order valence-electron chi connectivity index (χ2n) is 4.69. The van der Waals surface area contributed by atoms with Gasteiger partial charge in [0.15, 0.2) is 17.6 Å². The first-order valence-electron chi connectivity index (χ1n) is 6.31. The molecular formula is C13H16O9. The average Bonchev–Trinajstić information content (AvgIpc) is 2.49. The number of carboxylic acid groups (broad SMARTS) is 1. The lowest BCUT2D eigenvalue weighted by Gasteiger charge is -2.38. The lowest BCUT2D eigenvalue weighted by atomic mass is 9.99. The fourth-order valence-corrected chi connectivity index (χ4v) is 2.01. The monoisotopic (exact) mass is 316 g/mol. The Hall–Kier alpha value is -2.07. The number of aliphatic hydroxyl groups excluding tert-OH is 3. The number of aliphatic carboxylic acids is 1. The van der Waals surface area contributed by atoms with Crippen LogP contribution in [0.4, 0.5) is 0 Å². The molecule has 1 saturated heterocycles. The largest absolute Gasteiger partial charge is 0.504 e. The van der Waals surface area contributed by atoms with Crippen molar-refractivity contribution < 1.29 is 44.5 Å². The molecule has 0 saturated carbocycles. The quantitative estimate of drug-likeness (QED) is 0.456. The molecule has 1 aliphatic heterocycles. The van der Waals surface area contributed by atoms with Crippen LogP contribution < -0.4 is 9.47 Å². The van der Waals surface area contributed by atoms with Gasteiger partial charge >= 0.3 is 5.97 Å². The Balaban J connectivity index is 2.19. The second kappa shape index (κ2) is 6.36. The molecule has 1 heterocycles. The first kappa shape index (κ1) is 16.3. The summed E-state index contributed by atoms with van der Waals surface area (Å²) in [6.07, 6.45) is -8.47. The van der Waals surface area contributed by atoms with Crippen LogP contribution in [0.25, 0.3) is 0 Å². The van der Waals surface area contributed by atoms with E-state index in [-0.39, 0.29) is 17.2 Å². The molecule has 1 aliphatic rings. The van der Waals surface area contributed by atoms with Gasteiger partial charge in [-0.15, -0.1) is 0 Å². The van der Waals surface area contributed by atoms with Crippen LogP contribution in [-0.4, -0.2) is 69.3 Å². The molecule has 0 spiro atoms. The number of hydrogen-bond acceptors (Lipinski definition) is 8. The molecule has 5 N–H and O–H groups in total. The maximum Gasteiger partial charge on any atom is 0.335 e. The summed E-state index contributed by atoms with van der Waals surface area (Å²) in [7, 11) is 1.32. The molecule has 5 atom stereocenters. The number of phenols is 1. The minimum atomic E-state index is -1.79.